The van der Waals surface area contributed by atoms with Gasteiger partial charge in [0.05, 0.1) is 22.4 Å². The van der Waals surface area contributed by atoms with Crippen LogP contribution in [0.5, 0.6) is 0 Å². The van der Waals surface area contributed by atoms with E-state index in [1.165, 1.54) is 53.6 Å². The fraction of sp³-hybridized carbons (Fsp3) is 0. The summed E-state index contributed by atoms with van der Waals surface area (Å²) in [6.45, 7) is 0. The smallest absolute Gasteiger partial charge is 0.222 e. The van der Waals surface area contributed by atoms with Crippen molar-refractivity contribution in [2.24, 2.45) is 0 Å². The Bertz CT molecular complexity index is 1250. The van der Waals surface area contributed by atoms with Gasteiger partial charge in [-0.1, -0.05) is 0 Å². The van der Waals surface area contributed by atoms with Gasteiger partial charge in [-0.05, 0) is 30.3 Å². The number of hydrogen-bond acceptors (Lipinski definition) is 4. The minimum Gasteiger partial charge on any atom is -0.298 e. The lowest BCUT2D eigenvalue weighted by atomic mass is 10.2. The van der Waals surface area contributed by atoms with E-state index < -0.39 is 17.7 Å². The Morgan fingerprint density at radius 2 is 1.48 bits per heavy atom. The predicted octanol–water partition coefficient (Wildman–Crippen LogP) is 3.77. The second-order valence-corrected chi connectivity index (χ2v) is 6.01. The van der Waals surface area contributed by atoms with Gasteiger partial charge in [-0.2, -0.15) is 8.78 Å². The van der Waals surface area contributed by atoms with Crippen molar-refractivity contribution in [1.29, 1.82) is 0 Å². The molecule has 6 nitrogen and oxygen atoms in total. The van der Waals surface area contributed by atoms with Crippen molar-refractivity contribution in [3.63, 3.8) is 0 Å². The highest BCUT2D eigenvalue weighted by Gasteiger charge is 2.24. The van der Waals surface area contributed by atoms with Crippen LogP contribution in [0.1, 0.15) is 20.7 Å². The minimum absolute atomic E-state index is 0.0277. The molecule has 0 saturated heterocycles. The van der Waals surface area contributed by atoms with Crippen LogP contribution in [0.3, 0.4) is 0 Å². The molecule has 0 bridgehead atoms. The number of halogens is 3. The van der Waals surface area contributed by atoms with Gasteiger partial charge in [-0.25, -0.2) is 14.4 Å². The van der Waals surface area contributed by atoms with Crippen molar-refractivity contribution in [1.82, 2.24) is 19.3 Å². The van der Waals surface area contributed by atoms with Crippen molar-refractivity contribution in [3.8, 4) is 22.5 Å². The van der Waals surface area contributed by atoms with E-state index in [1.807, 2.05) is 0 Å². The average molecular weight is 396 g/mol. The third kappa shape index (κ3) is 3.02. The Kier molecular flexibility index (Phi) is 4.55. The van der Waals surface area contributed by atoms with Crippen LogP contribution in [0, 0.1) is 17.7 Å². The lowest BCUT2D eigenvalue weighted by Gasteiger charge is -2.15. The minimum atomic E-state index is -0.981. The second-order valence-electron chi connectivity index (χ2n) is 6.01. The summed E-state index contributed by atoms with van der Waals surface area (Å²) in [6, 6.07) is 6.98. The van der Waals surface area contributed by atoms with Crippen molar-refractivity contribution < 1.29 is 22.8 Å². The highest BCUT2D eigenvalue weighted by Crippen LogP contribution is 2.31. The van der Waals surface area contributed by atoms with Crippen LogP contribution >= 0.6 is 0 Å². The van der Waals surface area contributed by atoms with E-state index in [0.717, 1.165) is 10.9 Å². The van der Waals surface area contributed by atoms with Crippen LogP contribution in [0.25, 0.3) is 22.5 Å². The molecule has 4 heterocycles. The maximum atomic E-state index is 14.9. The number of aromatic nitrogens is 4. The fourth-order valence-electron chi connectivity index (χ4n) is 3.04. The summed E-state index contributed by atoms with van der Waals surface area (Å²) in [4.78, 5) is 29.7. The van der Waals surface area contributed by atoms with Crippen molar-refractivity contribution in [2.45, 2.75) is 0 Å². The SMILES string of the molecule is O=Cc1cc(-c2cccnc2F)n(-n2cc(C=O)c(F)c2-c2cccnc2F)c1. The summed E-state index contributed by atoms with van der Waals surface area (Å²) >= 11 is 0. The highest BCUT2D eigenvalue weighted by atomic mass is 19.1. The molecule has 0 N–H and O–H groups in total. The molecule has 0 unspecified atom stereocenters. The summed E-state index contributed by atoms with van der Waals surface area (Å²) in [7, 11) is 0. The van der Waals surface area contributed by atoms with Crippen LogP contribution in [-0.4, -0.2) is 31.9 Å². The number of aldehydes is 2. The van der Waals surface area contributed by atoms with Crippen LogP contribution in [-0.2, 0) is 0 Å². The van der Waals surface area contributed by atoms with E-state index in [2.05, 4.69) is 9.97 Å². The van der Waals surface area contributed by atoms with Gasteiger partial charge in [0, 0.05) is 30.4 Å². The lowest BCUT2D eigenvalue weighted by molar-refractivity contribution is 0.111. The molecule has 9 heteroatoms. The fourth-order valence-corrected chi connectivity index (χ4v) is 3.04. The Morgan fingerprint density at radius 3 is 2.07 bits per heavy atom. The van der Waals surface area contributed by atoms with Gasteiger partial charge in [-0.3, -0.25) is 18.9 Å². The first-order valence-corrected chi connectivity index (χ1v) is 8.31. The van der Waals surface area contributed by atoms with E-state index in [-0.39, 0.29) is 39.9 Å². The maximum Gasteiger partial charge on any atom is 0.222 e. The molecule has 0 fully saturated rings. The molecule has 0 aliphatic carbocycles. The van der Waals surface area contributed by atoms with Gasteiger partial charge in [0.15, 0.2) is 18.4 Å². The Labute approximate surface area is 161 Å². The van der Waals surface area contributed by atoms with E-state index in [0.29, 0.717) is 6.29 Å². The first-order chi connectivity index (χ1) is 14.0. The zero-order chi connectivity index (χ0) is 20.5. The summed E-state index contributed by atoms with van der Waals surface area (Å²) in [5.41, 5.74) is -0.533. The van der Waals surface area contributed by atoms with Gasteiger partial charge < -0.3 is 0 Å². The summed E-state index contributed by atoms with van der Waals surface area (Å²) < 4.78 is 45.9. The molecule has 0 spiro atoms. The molecule has 29 heavy (non-hydrogen) atoms. The average Bonchev–Trinajstić information content (AvgIpc) is 3.29. The third-order valence-electron chi connectivity index (χ3n) is 4.32. The topological polar surface area (TPSA) is 69.8 Å². The first kappa shape index (κ1) is 18.4. The number of hydrogen-bond donors (Lipinski definition) is 0. The van der Waals surface area contributed by atoms with E-state index in [9.17, 15) is 22.8 Å². The van der Waals surface area contributed by atoms with Gasteiger partial charge in [0.2, 0.25) is 11.9 Å². The van der Waals surface area contributed by atoms with Crippen LogP contribution in [0.2, 0.25) is 0 Å². The van der Waals surface area contributed by atoms with E-state index in [4.69, 9.17) is 0 Å². The second kappa shape index (κ2) is 7.19. The van der Waals surface area contributed by atoms with E-state index in [1.54, 1.807) is 0 Å². The first-order valence-electron chi connectivity index (χ1n) is 8.31. The largest absolute Gasteiger partial charge is 0.298 e. The summed E-state index contributed by atoms with van der Waals surface area (Å²) in [6.07, 6.45) is 5.68. The Hall–Kier alpha value is -4.01. The molecule has 0 aliphatic rings. The molecule has 0 aromatic carbocycles. The third-order valence-corrected chi connectivity index (χ3v) is 4.32. The zero-order valence-electron chi connectivity index (χ0n) is 14.6. The Balaban J connectivity index is 2.06. The molecule has 4 aromatic heterocycles. The van der Waals surface area contributed by atoms with Gasteiger partial charge in [-0.15, -0.1) is 0 Å². The van der Waals surface area contributed by atoms with Crippen molar-refractivity contribution >= 4 is 12.6 Å². The standard InChI is InChI=1S/C20H11F3N4O2/c21-17-13(11-29)9-27(18(17)15-4-2-6-25-20(15)23)26-8-12(10-28)7-16(26)14-3-1-5-24-19(14)22/h1-11H. The number of carbonyl (C=O) groups excluding carboxylic acids is 2. The van der Waals surface area contributed by atoms with Gasteiger partial charge >= 0.3 is 0 Å². The molecule has 144 valence electrons. The van der Waals surface area contributed by atoms with Crippen molar-refractivity contribution in [2.75, 3.05) is 0 Å². The zero-order valence-corrected chi connectivity index (χ0v) is 14.6. The molecular formula is C20H11F3N4O2. The van der Waals surface area contributed by atoms with Crippen LogP contribution in [0.15, 0.2) is 55.1 Å². The predicted molar refractivity (Wildman–Crippen MR) is 96.8 cm³/mol. The molecule has 0 saturated carbocycles. The van der Waals surface area contributed by atoms with Crippen LogP contribution in [0.4, 0.5) is 13.2 Å². The Morgan fingerprint density at radius 1 is 0.828 bits per heavy atom. The normalized spacial score (nSPS) is 10.9. The monoisotopic (exact) mass is 396 g/mol. The molecule has 0 radical (unpaired) electrons. The summed E-state index contributed by atoms with van der Waals surface area (Å²) in [5.74, 6) is -2.76. The van der Waals surface area contributed by atoms with Crippen LogP contribution < -0.4 is 0 Å². The number of nitrogens with zero attached hydrogens (tertiary/aromatic N) is 4. The number of carbonyl (C=O) groups is 2. The summed E-state index contributed by atoms with van der Waals surface area (Å²) in [5, 5.41) is 0. The van der Waals surface area contributed by atoms with Crippen molar-refractivity contribution in [3.05, 3.63) is 84.0 Å². The van der Waals surface area contributed by atoms with Gasteiger partial charge in [0.25, 0.3) is 0 Å². The van der Waals surface area contributed by atoms with Gasteiger partial charge in [0.1, 0.15) is 5.69 Å². The quantitative estimate of drug-likeness (QED) is 0.380. The molecule has 0 atom stereocenters. The molecule has 0 aliphatic heterocycles. The number of pyridine rings is 2. The maximum absolute atomic E-state index is 14.9. The molecule has 4 rings (SSSR count). The molecule has 0 amide bonds. The van der Waals surface area contributed by atoms with E-state index >= 15 is 0 Å². The molecule has 4 aromatic rings. The number of rotatable bonds is 5. The molecular weight excluding hydrogens is 385 g/mol. The highest BCUT2D eigenvalue weighted by molar-refractivity contribution is 5.81. The lowest BCUT2D eigenvalue weighted by Crippen LogP contribution is -2.11.